The first-order valence-electron chi connectivity index (χ1n) is 9.69. The highest BCUT2D eigenvalue weighted by Gasteiger charge is 2.29. The summed E-state index contributed by atoms with van der Waals surface area (Å²) in [5, 5.41) is 4.00. The molecule has 0 heterocycles. The Morgan fingerprint density at radius 2 is 1.34 bits per heavy atom. The molecule has 0 aliphatic carbocycles. The minimum atomic E-state index is -1.71. The third-order valence-electron chi connectivity index (χ3n) is 5.21. The van der Waals surface area contributed by atoms with Crippen molar-refractivity contribution in [3.63, 3.8) is 0 Å². The lowest BCUT2D eigenvalue weighted by Gasteiger charge is -2.18. The van der Waals surface area contributed by atoms with Crippen molar-refractivity contribution >= 4 is 45.1 Å². The van der Waals surface area contributed by atoms with Gasteiger partial charge in [0.25, 0.3) is 0 Å². The molecule has 0 fully saturated rings. The van der Waals surface area contributed by atoms with Crippen molar-refractivity contribution in [2.45, 2.75) is 26.2 Å². The van der Waals surface area contributed by atoms with Gasteiger partial charge in [-0.1, -0.05) is 89.8 Å². The Morgan fingerprint density at radius 3 is 1.93 bits per heavy atom. The van der Waals surface area contributed by atoms with E-state index in [1.165, 1.54) is 5.56 Å². The number of hydrogen-bond acceptors (Lipinski definition) is 1. The third-order valence-corrected chi connectivity index (χ3v) is 7.31. The van der Waals surface area contributed by atoms with Crippen molar-refractivity contribution in [1.29, 1.82) is 0 Å². The Kier molecular flexibility index (Phi) is 5.42. The van der Waals surface area contributed by atoms with Crippen LogP contribution in [0.25, 0.3) is 21.9 Å². The van der Waals surface area contributed by atoms with Crippen molar-refractivity contribution in [2.75, 3.05) is 0 Å². The summed E-state index contributed by atoms with van der Waals surface area (Å²) in [4.78, 5) is 0. The van der Waals surface area contributed by atoms with Gasteiger partial charge in [-0.05, 0) is 57.6 Å². The molecular formula is C26H23BrOP+. The van der Waals surface area contributed by atoms with Gasteiger partial charge in [0.2, 0.25) is 5.30 Å². The fourth-order valence-electron chi connectivity index (χ4n) is 3.49. The number of hydrogen-bond donors (Lipinski definition) is 0. The zero-order valence-corrected chi connectivity index (χ0v) is 19.3. The Morgan fingerprint density at radius 1 is 0.759 bits per heavy atom. The van der Waals surface area contributed by atoms with E-state index in [2.05, 4.69) is 85.2 Å². The second kappa shape index (κ2) is 7.86. The number of benzene rings is 4. The smallest absolute Gasteiger partial charge is 0.0616 e. The Balaban J connectivity index is 1.86. The van der Waals surface area contributed by atoms with E-state index in [9.17, 15) is 4.57 Å². The molecule has 0 aromatic heterocycles. The Bertz CT molecular complexity index is 1190. The molecule has 4 aromatic carbocycles. The van der Waals surface area contributed by atoms with Crippen LogP contribution in [0.1, 0.15) is 26.3 Å². The third kappa shape index (κ3) is 4.20. The van der Waals surface area contributed by atoms with Crippen LogP contribution in [0.2, 0.25) is 0 Å². The predicted molar refractivity (Wildman–Crippen MR) is 129 cm³/mol. The summed E-state index contributed by atoms with van der Waals surface area (Å²) in [6.07, 6.45) is 0. The van der Waals surface area contributed by atoms with Crippen LogP contribution in [-0.2, 0) is 9.98 Å². The van der Waals surface area contributed by atoms with E-state index in [1.807, 2.05) is 36.4 Å². The Hall–Kier alpha value is -2.28. The predicted octanol–water partition coefficient (Wildman–Crippen LogP) is 7.35. The van der Waals surface area contributed by atoms with Gasteiger partial charge in [-0.2, -0.15) is 0 Å². The van der Waals surface area contributed by atoms with Crippen molar-refractivity contribution in [3.8, 4) is 11.1 Å². The molecule has 1 nitrogen and oxygen atoms in total. The van der Waals surface area contributed by atoms with Gasteiger partial charge in [-0.15, -0.1) is 0 Å². The highest BCUT2D eigenvalue weighted by molar-refractivity contribution is 9.10. The molecule has 4 aromatic rings. The minimum absolute atomic E-state index is 0.0791. The van der Waals surface area contributed by atoms with Gasteiger partial charge < -0.3 is 0 Å². The van der Waals surface area contributed by atoms with Crippen molar-refractivity contribution < 1.29 is 4.57 Å². The number of halogens is 1. The monoisotopic (exact) mass is 461 g/mol. The van der Waals surface area contributed by atoms with E-state index in [0.717, 1.165) is 37.0 Å². The van der Waals surface area contributed by atoms with Crippen LogP contribution in [0.3, 0.4) is 0 Å². The fraction of sp³-hybridized carbons (Fsp3) is 0.154. The van der Waals surface area contributed by atoms with Crippen LogP contribution in [-0.4, -0.2) is 0 Å². The Labute approximate surface area is 181 Å². The molecule has 0 amide bonds. The lowest BCUT2D eigenvalue weighted by atomic mass is 9.87. The van der Waals surface area contributed by atoms with E-state index >= 15 is 0 Å². The molecule has 3 heteroatoms. The SMILES string of the molecule is CC(C)(C)c1ccc([P+](=O)c2cc3ccccc3cc2-c2ccc(Br)cc2)cc1. The van der Waals surface area contributed by atoms with Gasteiger partial charge in [0.15, 0.2) is 5.30 Å². The van der Waals surface area contributed by atoms with Crippen LogP contribution < -0.4 is 10.6 Å². The lowest BCUT2D eigenvalue weighted by molar-refractivity contribution is 0.590. The summed E-state index contributed by atoms with van der Waals surface area (Å²) >= 11 is 3.51. The molecule has 0 aliphatic rings. The largest absolute Gasteiger partial charge is 0.415 e. The van der Waals surface area contributed by atoms with Crippen LogP contribution in [0.15, 0.2) is 89.4 Å². The van der Waals surface area contributed by atoms with Gasteiger partial charge >= 0.3 is 7.80 Å². The summed E-state index contributed by atoms with van der Waals surface area (Å²) in [7, 11) is -1.71. The average Bonchev–Trinajstić information content (AvgIpc) is 2.72. The normalized spacial score (nSPS) is 12.2. The van der Waals surface area contributed by atoms with Gasteiger partial charge in [-0.3, -0.25) is 0 Å². The zero-order valence-electron chi connectivity index (χ0n) is 16.8. The van der Waals surface area contributed by atoms with E-state index in [4.69, 9.17) is 0 Å². The van der Waals surface area contributed by atoms with Gasteiger partial charge in [-0.25, -0.2) is 0 Å². The van der Waals surface area contributed by atoms with Crippen molar-refractivity contribution in [3.05, 3.63) is 95.0 Å². The lowest BCUT2D eigenvalue weighted by Crippen LogP contribution is -2.14. The molecule has 0 saturated carbocycles. The quantitative estimate of drug-likeness (QED) is 0.291. The van der Waals surface area contributed by atoms with Crippen LogP contribution in [0.5, 0.6) is 0 Å². The molecule has 0 radical (unpaired) electrons. The summed E-state index contributed by atoms with van der Waals surface area (Å²) in [6.45, 7) is 6.57. The summed E-state index contributed by atoms with van der Waals surface area (Å²) < 4.78 is 14.7. The highest BCUT2D eigenvalue weighted by atomic mass is 79.9. The zero-order chi connectivity index (χ0) is 20.6. The second-order valence-corrected chi connectivity index (χ2v) is 10.8. The van der Waals surface area contributed by atoms with Crippen molar-refractivity contribution in [2.24, 2.45) is 0 Å². The number of fused-ring (bicyclic) bond motifs is 1. The molecule has 1 unspecified atom stereocenters. The molecule has 29 heavy (non-hydrogen) atoms. The summed E-state index contributed by atoms with van der Waals surface area (Å²) in [5.74, 6) is 0. The first-order chi connectivity index (χ1) is 13.8. The van der Waals surface area contributed by atoms with Crippen LogP contribution in [0.4, 0.5) is 0 Å². The fourth-order valence-corrected chi connectivity index (χ4v) is 5.12. The molecule has 0 bridgehead atoms. The second-order valence-electron chi connectivity index (χ2n) is 8.31. The maximum Gasteiger partial charge on any atom is 0.415 e. The first kappa shape index (κ1) is 20.0. The maximum absolute atomic E-state index is 13.7. The maximum atomic E-state index is 13.7. The number of rotatable bonds is 3. The van der Waals surface area contributed by atoms with Gasteiger partial charge in [0.05, 0.1) is 0 Å². The molecule has 0 spiro atoms. The molecule has 0 saturated heterocycles. The van der Waals surface area contributed by atoms with E-state index in [0.29, 0.717) is 0 Å². The highest BCUT2D eigenvalue weighted by Crippen LogP contribution is 2.32. The van der Waals surface area contributed by atoms with Crippen LogP contribution in [0, 0.1) is 0 Å². The first-order valence-corrected chi connectivity index (χ1v) is 11.7. The molecule has 1 atom stereocenters. The van der Waals surface area contributed by atoms with E-state index in [-0.39, 0.29) is 5.41 Å². The topological polar surface area (TPSA) is 17.1 Å². The van der Waals surface area contributed by atoms with E-state index < -0.39 is 7.80 Å². The molecule has 0 aliphatic heterocycles. The molecule has 0 N–H and O–H groups in total. The minimum Gasteiger partial charge on any atom is -0.0616 e. The average molecular weight is 462 g/mol. The van der Waals surface area contributed by atoms with Crippen LogP contribution >= 0.6 is 23.7 Å². The molecular weight excluding hydrogens is 439 g/mol. The molecule has 4 rings (SSSR count). The van der Waals surface area contributed by atoms with Gasteiger partial charge in [0, 0.05) is 16.1 Å². The standard InChI is InChI=1S/C26H23BrOP/c1-26(2,3)21-10-14-23(15-11-21)29(28)25-17-20-7-5-4-6-19(20)16-24(25)18-8-12-22(27)13-9-18/h4-17H,1-3H3/q+1. The summed E-state index contributed by atoms with van der Waals surface area (Å²) in [6, 6.07) is 28.9. The molecule has 144 valence electrons. The summed E-state index contributed by atoms with van der Waals surface area (Å²) in [5.41, 5.74) is 3.42. The van der Waals surface area contributed by atoms with Gasteiger partial charge in [0.1, 0.15) is 0 Å². The van der Waals surface area contributed by atoms with E-state index in [1.54, 1.807) is 0 Å². The van der Waals surface area contributed by atoms with Crippen molar-refractivity contribution in [1.82, 2.24) is 0 Å².